The van der Waals surface area contributed by atoms with E-state index in [0.717, 1.165) is 0 Å². The van der Waals surface area contributed by atoms with Crippen LogP contribution in [0.3, 0.4) is 0 Å². The molecule has 1 aliphatic rings. The van der Waals surface area contributed by atoms with Gasteiger partial charge in [0.2, 0.25) is 17.7 Å². The maximum atomic E-state index is 11.9. The predicted octanol–water partition coefficient (Wildman–Crippen LogP) is -1.80. The molecule has 0 aromatic carbocycles. The van der Waals surface area contributed by atoms with E-state index in [-0.39, 0.29) is 12.3 Å². The number of hydrogen-bond acceptors (Lipinski definition) is 4. The highest BCUT2D eigenvalue weighted by atomic mass is 16.2. The van der Waals surface area contributed by atoms with E-state index in [9.17, 15) is 14.4 Å². The third-order valence-corrected chi connectivity index (χ3v) is 2.95. The second kappa shape index (κ2) is 5.51. The van der Waals surface area contributed by atoms with Crippen LogP contribution in [0.1, 0.15) is 18.5 Å². The van der Waals surface area contributed by atoms with E-state index in [2.05, 4.69) is 20.6 Å². The van der Waals surface area contributed by atoms with Crippen LogP contribution < -0.4 is 16.4 Å². The zero-order valence-corrected chi connectivity index (χ0v) is 10.2. The molecule has 1 fully saturated rings. The maximum Gasteiger partial charge on any atom is 0.243 e. The normalized spacial score (nSPS) is 19.8. The van der Waals surface area contributed by atoms with E-state index in [0.29, 0.717) is 18.5 Å². The van der Waals surface area contributed by atoms with Crippen molar-refractivity contribution in [2.24, 2.45) is 5.73 Å². The van der Waals surface area contributed by atoms with Crippen LogP contribution in [-0.4, -0.2) is 39.8 Å². The molecule has 1 aromatic heterocycles. The van der Waals surface area contributed by atoms with Gasteiger partial charge in [-0.05, 0) is 6.42 Å². The number of nitrogens with two attached hydrogens (primary N) is 1. The van der Waals surface area contributed by atoms with Crippen molar-refractivity contribution in [2.45, 2.75) is 31.3 Å². The topological polar surface area (TPSA) is 130 Å². The lowest BCUT2D eigenvalue weighted by Crippen LogP contribution is -2.51. The lowest BCUT2D eigenvalue weighted by atomic mass is 10.1. The fourth-order valence-corrected chi connectivity index (χ4v) is 1.92. The van der Waals surface area contributed by atoms with Crippen LogP contribution in [0.5, 0.6) is 0 Å². The zero-order chi connectivity index (χ0) is 13.8. The average Bonchev–Trinajstić information content (AvgIpc) is 2.99. The fourth-order valence-electron chi connectivity index (χ4n) is 1.92. The summed E-state index contributed by atoms with van der Waals surface area (Å²) in [6.07, 6.45) is 4.02. The summed E-state index contributed by atoms with van der Waals surface area (Å²) in [5, 5.41) is 5.07. The van der Waals surface area contributed by atoms with Gasteiger partial charge in [0, 0.05) is 24.7 Å². The number of aromatic nitrogens is 2. The Balaban J connectivity index is 1.95. The van der Waals surface area contributed by atoms with Crippen LogP contribution >= 0.6 is 0 Å². The molecule has 1 aromatic rings. The molecule has 2 rings (SSSR count). The minimum absolute atomic E-state index is 0.163. The number of nitrogens with zero attached hydrogens (tertiary/aromatic N) is 1. The van der Waals surface area contributed by atoms with Gasteiger partial charge in [0.05, 0.1) is 6.33 Å². The van der Waals surface area contributed by atoms with Crippen LogP contribution in [-0.2, 0) is 20.8 Å². The molecule has 1 saturated heterocycles. The van der Waals surface area contributed by atoms with Gasteiger partial charge in [-0.3, -0.25) is 14.4 Å². The summed E-state index contributed by atoms with van der Waals surface area (Å²) >= 11 is 0. The fraction of sp³-hybridized carbons (Fsp3) is 0.455. The van der Waals surface area contributed by atoms with Crippen LogP contribution in [0, 0.1) is 0 Å². The molecule has 3 amide bonds. The lowest BCUT2D eigenvalue weighted by molar-refractivity contribution is -0.129. The van der Waals surface area contributed by atoms with E-state index in [4.69, 9.17) is 5.73 Å². The molecule has 0 bridgehead atoms. The van der Waals surface area contributed by atoms with Gasteiger partial charge in [-0.1, -0.05) is 0 Å². The number of hydrogen-bond donors (Lipinski definition) is 4. The Morgan fingerprint density at radius 3 is 2.89 bits per heavy atom. The van der Waals surface area contributed by atoms with E-state index >= 15 is 0 Å². The molecule has 2 heterocycles. The van der Waals surface area contributed by atoms with Crippen LogP contribution in [0.4, 0.5) is 0 Å². The summed E-state index contributed by atoms with van der Waals surface area (Å²) < 4.78 is 0. The number of imidazole rings is 1. The summed E-state index contributed by atoms with van der Waals surface area (Å²) in [4.78, 5) is 40.9. The first-order valence-corrected chi connectivity index (χ1v) is 5.92. The Morgan fingerprint density at radius 1 is 1.58 bits per heavy atom. The highest BCUT2D eigenvalue weighted by Crippen LogP contribution is 2.07. The summed E-state index contributed by atoms with van der Waals surface area (Å²) in [7, 11) is 0. The van der Waals surface area contributed by atoms with Gasteiger partial charge in [-0.2, -0.15) is 0 Å². The highest BCUT2D eigenvalue weighted by Gasteiger charge is 2.29. The van der Waals surface area contributed by atoms with Gasteiger partial charge >= 0.3 is 0 Å². The molecular weight excluding hydrogens is 250 g/mol. The van der Waals surface area contributed by atoms with Crippen molar-refractivity contribution >= 4 is 17.7 Å². The number of primary amides is 1. The Labute approximate surface area is 109 Å². The van der Waals surface area contributed by atoms with Gasteiger partial charge in [-0.25, -0.2) is 4.98 Å². The van der Waals surface area contributed by atoms with Crippen LogP contribution in [0.15, 0.2) is 12.5 Å². The predicted molar refractivity (Wildman–Crippen MR) is 64.6 cm³/mol. The van der Waals surface area contributed by atoms with Crippen molar-refractivity contribution in [1.82, 2.24) is 20.6 Å². The number of carbonyl (C=O) groups is 3. The second-order valence-electron chi connectivity index (χ2n) is 4.40. The number of rotatable bonds is 5. The molecule has 2 atom stereocenters. The molecule has 0 radical (unpaired) electrons. The average molecular weight is 265 g/mol. The minimum Gasteiger partial charge on any atom is -0.368 e. The van der Waals surface area contributed by atoms with E-state index < -0.39 is 23.9 Å². The Kier molecular flexibility index (Phi) is 3.79. The van der Waals surface area contributed by atoms with Crippen molar-refractivity contribution in [2.75, 3.05) is 0 Å². The molecule has 8 heteroatoms. The van der Waals surface area contributed by atoms with Crippen molar-refractivity contribution in [1.29, 1.82) is 0 Å². The molecular formula is C11H15N5O3. The molecule has 1 aliphatic heterocycles. The summed E-state index contributed by atoms with van der Waals surface area (Å²) in [6, 6.07) is -1.42. The maximum absolute atomic E-state index is 11.9. The standard InChI is InChI=1S/C11H15N5O3/c12-10(18)8(3-6-4-13-5-14-6)16-11(19)7-1-2-9(17)15-7/h4-5,7-8H,1-3H2,(H2,12,18)(H,13,14)(H,15,17)(H,16,19)/t7-,8-/m0/s1. The van der Waals surface area contributed by atoms with Crippen LogP contribution in [0.25, 0.3) is 0 Å². The second-order valence-corrected chi connectivity index (χ2v) is 4.40. The van der Waals surface area contributed by atoms with Crippen molar-refractivity contribution in [3.63, 3.8) is 0 Å². The molecule has 0 unspecified atom stereocenters. The van der Waals surface area contributed by atoms with Crippen LogP contribution in [0.2, 0.25) is 0 Å². The number of amides is 3. The van der Waals surface area contributed by atoms with Gasteiger partial charge < -0.3 is 21.4 Å². The first-order chi connectivity index (χ1) is 9.06. The van der Waals surface area contributed by atoms with Crippen molar-refractivity contribution in [3.8, 4) is 0 Å². The zero-order valence-electron chi connectivity index (χ0n) is 10.2. The number of carbonyl (C=O) groups excluding carboxylic acids is 3. The molecule has 0 aliphatic carbocycles. The van der Waals surface area contributed by atoms with Crippen molar-refractivity contribution < 1.29 is 14.4 Å². The van der Waals surface area contributed by atoms with Gasteiger partial charge in [0.15, 0.2) is 0 Å². The molecule has 5 N–H and O–H groups in total. The van der Waals surface area contributed by atoms with E-state index in [1.807, 2.05) is 0 Å². The van der Waals surface area contributed by atoms with Gasteiger partial charge in [-0.15, -0.1) is 0 Å². The number of aromatic amines is 1. The summed E-state index contributed by atoms with van der Waals surface area (Å²) in [6.45, 7) is 0. The Hall–Kier alpha value is -2.38. The molecule has 19 heavy (non-hydrogen) atoms. The monoisotopic (exact) mass is 265 g/mol. The van der Waals surface area contributed by atoms with Crippen molar-refractivity contribution in [3.05, 3.63) is 18.2 Å². The molecule has 0 saturated carbocycles. The Bertz CT molecular complexity index is 485. The minimum atomic E-state index is -0.828. The SMILES string of the molecule is NC(=O)[C@H](Cc1cnc[nH]1)NC(=O)[C@@H]1CCC(=O)N1. The largest absolute Gasteiger partial charge is 0.368 e. The Morgan fingerprint density at radius 2 is 2.37 bits per heavy atom. The third kappa shape index (κ3) is 3.30. The summed E-state index contributed by atoms with van der Waals surface area (Å²) in [5.41, 5.74) is 5.95. The van der Waals surface area contributed by atoms with Gasteiger partial charge in [0.25, 0.3) is 0 Å². The highest BCUT2D eigenvalue weighted by molar-refractivity contribution is 5.93. The summed E-state index contributed by atoms with van der Waals surface area (Å²) in [5.74, 6) is -1.19. The third-order valence-electron chi connectivity index (χ3n) is 2.95. The smallest absolute Gasteiger partial charge is 0.243 e. The first kappa shape index (κ1) is 13.1. The molecule has 0 spiro atoms. The van der Waals surface area contributed by atoms with Gasteiger partial charge in [0.1, 0.15) is 12.1 Å². The quantitative estimate of drug-likeness (QED) is 0.500. The molecule has 8 nitrogen and oxygen atoms in total. The van der Waals surface area contributed by atoms with E-state index in [1.165, 1.54) is 6.33 Å². The number of H-pyrrole nitrogens is 1. The molecule has 102 valence electrons. The van der Waals surface area contributed by atoms with E-state index in [1.54, 1.807) is 6.20 Å². The first-order valence-electron chi connectivity index (χ1n) is 5.92. The lowest BCUT2D eigenvalue weighted by Gasteiger charge is -2.17. The number of nitrogens with one attached hydrogen (secondary N) is 3.